The van der Waals surface area contributed by atoms with Gasteiger partial charge in [-0.05, 0) is 57.4 Å². The van der Waals surface area contributed by atoms with Crippen LogP contribution in [0.25, 0.3) is 0 Å². The lowest BCUT2D eigenvalue weighted by atomic mass is 9.97. The Morgan fingerprint density at radius 1 is 1.06 bits per heavy atom. The van der Waals surface area contributed by atoms with Crippen molar-refractivity contribution in [3.63, 3.8) is 0 Å². The highest BCUT2D eigenvalue weighted by Crippen LogP contribution is 2.17. The second-order valence-electron chi connectivity index (χ2n) is 5.01. The Morgan fingerprint density at radius 3 is 2.18 bits per heavy atom. The van der Waals surface area contributed by atoms with E-state index in [1.165, 1.54) is 22.3 Å². The van der Waals surface area contributed by atoms with Crippen LogP contribution >= 0.6 is 0 Å². The maximum Gasteiger partial charge on any atom is 0.0443 e. The van der Waals surface area contributed by atoms with Gasteiger partial charge in [-0.15, -0.1) is 0 Å². The molecule has 1 aromatic carbocycles. The topological polar surface area (TPSA) is 23.5 Å². The van der Waals surface area contributed by atoms with Gasteiger partial charge in [-0.2, -0.15) is 0 Å². The van der Waals surface area contributed by atoms with Crippen molar-refractivity contribution in [2.24, 2.45) is 0 Å². The van der Waals surface area contributed by atoms with Gasteiger partial charge in [0.25, 0.3) is 0 Å². The standard InChI is InChI=1S/C15H25NO/c1-12-10-13(2)15(14(3)11-12)6-8-16(4)7-5-9-17/h10-11,17H,5-9H2,1-4H3. The molecule has 0 unspecified atom stereocenters. The summed E-state index contributed by atoms with van der Waals surface area (Å²) in [5.74, 6) is 0. The summed E-state index contributed by atoms with van der Waals surface area (Å²) in [6.07, 6.45) is 1.96. The van der Waals surface area contributed by atoms with Crippen molar-refractivity contribution in [2.45, 2.75) is 33.6 Å². The Kier molecular flexibility index (Phi) is 5.66. The molecular weight excluding hydrogens is 210 g/mol. The zero-order valence-electron chi connectivity index (χ0n) is 11.6. The van der Waals surface area contributed by atoms with Gasteiger partial charge in [0.05, 0.1) is 0 Å². The molecule has 0 aliphatic carbocycles. The predicted octanol–water partition coefficient (Wildman–Crippen LogP) is 2.47. The third-order valence-corrected chi connectivity index (χ3v) is 3.28. The van der Waals surface area contributed by atoms with Gasteiger partial charge in [0, 0.05) is 19.7 Å². The zero-order valence-corrected chi connectivity index (χ0v) is 11.6. The summed E-state index contributed by atoms with van der Waals surface area (Å²) < 4.78 is 0. The second-order valence-corrected chi connectivity index (χ2v) is 5.01. The van der Waals surface area contributed by atoms with E-state index in [2.05, 4.69) is 44.9 Å². The van der Waals surface area contributed by atoms with Crippen molar-refractivity contribution in [3.05, 3.63) is 34.4 Å². The summed E-state index contributed by atoms with van der Waals surface area (Å²) in [6.45, 7) is 8.86. The fourth-order valence-electron chi connectivity index (χ4n) is 2.36. The highest BCUT2D eigenvalue weighted by atomic mass is 16.3. The van der Waals surface area contributed by atoms with Crippen molar-refractivity contribution in [1.82, 2.24) is 4.90 Å². The number of nitrogens with zero attached hydrogens (tertiary/aromatic N) is 1. The summed E-state index contributed by atoms with van der Waals surface area (Å²) in [4.78, 5) is 2.29. The van der Waals surface area contributed by atoms with E-state index >= 15 is 0 Å². The SMILES string of the molecule is Cc1cc(C)c(CCN(C)CCCO)c(C)c1. The van der Waals surface area contributed by atoms with E-state index in [0.29, 0.717) is 0 Å². The summed E-state index contributed by atoms with van der Waals surface area (Å²) >= 11 is 0. The van der Waals surface area contributed by atoms with E-state index in [1.807, 2.05) is 0 Å². The largest absolute Gasteiger partial charge is 0.396 e. The smallest absolute Gasteiger partial charge is 0.0443 e. The molecule has 0 heterocycles. The summed E-state index contributed by atoms with van der Waals surface area (Å²) in [7, 11) is 2.12. The van der Waals surface area contributed by atoms with Crippen LogP contribution in [0, 0.1) is 20.8 Å². The summed E-state index contributed by atoms with van der Waals surface area (Å²) in [6, 6.07) is 4.52. The van der Waals surface area contributed by atoms with Crippen molar-refractivity contribution in [1.29, 1.82) is 0 Å². The Balaban J connectivity index is 2.57. The number of benzene rings is 1. The first kappa shape index (κ1) is 14.2. The lowest BCUT2D eigenvalue weighted by molar-refractivity contribution is 0.248. The molecule has 0 aliphatic heterocycles. The number of rotatable bonds is 6. The minimum absolute atomic E-state index is 0.285. The number of hydrogen-bond donors (Lipinski definition) is 1. The van der Waals surface area contributed by atoms with Crippen LogP contribution in [0.3, 0.4) is 0 Å². The van der Waals surface area contributed by atoms with Crippen molar-refractivity contribution < 1.29 is 5.11 Å². The van der Waals surface area contributed by atoms with Crippen LogP contribution in [0.2, 0.25) is 0 Å². The maximum atomic E-state index is 8.79. The average Bonchev–Trinajstić information content (AvgIpc) is 2.24. The number of hydrogen-bond acceptors (Lipinski definition) is 2. The third-order valence-electron chi connectivity index (χ3n) is 3.28. The monoisotopic (exact) mass is 235 g/mol. The van der Waals surface area contributed by atoms with Crippen LogP contribution in [0.1, 0.15) is 28.7 Å². The molecule has 96 valence electrons. The lowest BCUT2D eigenvalue weighted by Crippen LogP contribution is -2.23. The van der Waals surface area contributed by atoms with Gasteiger partial charge in [-0.3, -0.25) is 0 Å². The highest BCUT2D eigenvalue weighted by Gasteiger charge is 2.05. The quantitative estimate of drug-likeness (QED) is 0.819. The van der Waals surface area contributed by atoms with Gasteiger partial charge < -0.3 is 10.0 Å². The zero-order chi connectivity index (χ0) is 12.8. The van der Waals surface area contributed by atoms with Crippen molar-refractivity contribution in [3.8, 4) is 0 Å². The highest BCUT2D eigenvalue weighted by molar-refractivity contribution is 5.37. The molecule has 17 heavy (non-hydrogen) atoms. The molecule has 0 fully saturated rings. The van der Waals surface area contributed by atoms with Crippen LogP contribution in [0.4, 0.5) is 0 Å². The van der Waals surface area contributed by atoms with Gasteiger partial charge in [0.2, 0.25) is 0 Å². The first-order valence-electron chi connectivity index (χ1n) is 6.40. The first-order chi connectivity index (χ1) is 8.04. The molecule has 0 atom stereocenters. The molecule has 2 nitrogen and oxygen atoms in total. The molecule has 0 amide bonds. The lowest BCUT2D eigenvalue weighted by Gasteiger charge is -2.18. The Labute approximate surface area is 105 Å². The van der Waals surface area contributed by atoms with Crippen LogP contribution in [0.5, 0.6) is 0 Å². The van der Waals surface area contributed by atoms with Crippen molar-refractivity contribution in [2.75, 3.05) is 26.7 Å². The van der Waals surface area contributed by atoms with Gasteiger partial charge in [-0.25, -0.2) is 0 Å². The van der Waals surface area contributed by atoms with Crippen molar-refractivity contribution >= 4 is 0 Å². The van der Waals surface area contributed by atoms with Crippen LogP contribution in [-0.2, 0) is 6.42 Å². The Morgan fingerprint density at radius 2 is 1.65 bits per heavy atom. The van der Waals surface area contributed by atoms with Crippen LogP contribution in [-0.4, -0.2) is 36.8 Å². The minimum Gasteiger partial charge on any atom is -0.396 e. The van der Waals surface area contributed by atoms with Gasteiger partial charge in [0.1, 0.15) is 0 Å². The minimum atomic E-state index is 0.285. The third kappa shape index (κ3) is 4.49. The number of aliphatic hydroxyl groups excluding tert-OH is 1. The molecule has 0 bridgehead atoms. The molecule has 0 saturated carbocycles. The van der Waals surface area contributed by atoms with Gasteiger partial charge in [-0.1, -0.05) is 17.7 Å². The first-order valence-corrected chi connectivity index (χ1v) is 6.40. The predicted molar refractivity (Wildman–Crippen MR) is 73.6 cm³/mol. The molecular formula is C15H25NO. The fraction of sp³-hybridized carbons (Fsp3) is 0.600. The molecule has 0 aromatic heterocycles. The molecule has 0 aliphatic rings. The number of aliphatic hydroxyl groups is 1. The van der Waals surface area contributed by atoms with E-state index in [1.54, 1.807) is 0 Å². The molecule has 0 radical (unpaired) electrons. The van der Waals surface area contributed by atoms with E-state index in [0.717, 1.165) is 25.9 Å². The van der Waals surface area contributed by atoms with E-state index in [-0.39, 0.29) is 6.61 Å². The van der Waals surface area contributed by atoms with Crippen LogP contribution in [0.15, 0.2) is 12.1 Å². The second kappa shape index (κ2) is 6.77. The van der Waals surface area contributed by atoms with E-state index in [9.17, 15) is 0 Å². The van der Waals surface area contributed by atoms with E-state index < -0.39 is 0 Å². The molecule has 0 saturated heterocycles. The number of likely N-dealkylation sites (N-methyl/N-ethyl adjacent to an activating group) is 1. The fourth-order valence-corrected chi connectivity index (χ4v) is 2.36. The Bertz CT molecular complexity index is 337. The van der Waals surface area contributed by atoms with E-state index in [4.69, 9.17) is 5.11 Å². The molecule has 1 aromatic rings. The molecule has 1 N–H and O–H groups in total. The summed E-state index contributed by atoms with van der Waals surface area (Å²) in [5.41, 5.74) is 5.62. The van der Waals surface area contributed by atoms with Gasteiger partial charge >= 0.3 is 0 Å². The molecule has 2 heteroatoms. The number of aryl methyl sites for hydroxylation is 3. The van der Waals surface area contributed by atoms with Gasteiger partial charge in [0.15, 0.2) is 0 Å². The average molecular weight is 235 g/mol. The van der Waals surface area contributed by atoms with Crippen LogP contribution < -0.4 is 0 Å². The maximum absolute atomic E-state index is 8.79. The molecule has 1 rings (SSSR count). The summed E-state index contributed by atoms with van der Waals surface area (Å²) in [5, 5.41) is 8.79. The molecule has 0 spiro atoms. The Hall–Kier alpha value is -0.860. The normalized spacial score (nSPS) is 11.2.